The van der Waals surface area contributed by atoms with Crippen molar-refractivity contribution >= 4 is 22.9 Å². The normalized spacial score (nSPS) is 10.7. The predicted octanol–water partition coefficient (Wildman–Crippen LogP) is 1.17. The number of carbonyl (C=O) groups excluding carboxylic acids is 2. The van der Waals surface area contributed by atoms with E-state index in [4.69, 9.17) is 0 Å². The quantitative estimate of drug-likeness (QED) is 0.417. The Kier molecular flexibility index (Phi) is 6.71. The summed E-state index contributed by atoms with van der Waals surface area (Å²) in [6, 6.07) is 4.84. The first-order valence-corrected chi connectivity index (χ1v) is 8.59. The molecule has 26 heavy (non-hydrogen) atoms. The molecular formula is C18H23N3O5. The molecule has 0 atom stereocenters. The molecule has 8 heteroatoms. The number of ether oxygens (including phenoxy) is 1. The number of aryl methyl sites for hydroxylation is 1. The van der Waals surface area contributed by atoms with Gasteiger partial charge < -0.3 is 19.6 Å². The minimum absolute atomic E-state index is 0.232. The largest absolute Gasteiger partial charge is 0.469 e. The van der Waals surface area contributed by atoms with Gasteiger partial charge in [0.05, 0.1) is 18.1 Å². The van der Waals surface area contributed by atoms with Gasteiger partial charge in [-0.3, -0.25) is 19.2 Å². The van der Waals surface area contributed by atoms with Gasteiger partial charge in [0.1, 0.15) is 0 Å². The van der Waals surface area contributed by atoms with Gasteiger partial charge >= 0.3 is 17.1 Å². The van der Waals surface area contributed by atoms with Gasteiger partial charge in [0.2, 0.25) is 0 Å². The fourth-order valence-corrected chi connectivity index (χ4v) is 2.71. The third kappa shape index (κ3) is 4.59. The molecule has 140 valence electrons. The first-order chi connectivity index (χ1) is 12.5. The van der Waals surface area contributed by atoms with Crippen LogP contribution in [-0.2, 0) is 16.1 Å². The van der Waals surface area contributed by atoms with E-state index in [1.165, 1.54) is 11.7 Å². The molecule has 0 bridgehead atoms. The fraction of sp³-hybridized carbons (Fsp3) is 0.444. The van der Waals surface area contributed by atoms with Gasteiger partial charge in [-0.05, 0) is 38.0 Å². The van der Waals surface area contributed by atoms with Crippen molar-refractivity contribution in [2.45, 2.75) is 39.2 Å². The zero-order chi connectivity index (χ0) is 19.1. The van der Waals surface area contributed by atoms with Crippen LogP contribution in [0.2, 0.25) is 0 Å². The van der Waals surface area contributed by atoms with E-state index < -0.39 is 11.1 Å². The van der Waals surface area contributed by atoms with Crippen LogP contribution >= 0.6 is 0 Å². The summed E-state index contributed by atoms with van der Waals surface area (Å²) in [6.07, 6.45) is 2.65. The number of fused-ring (bicyclic) bond motifs is 1. The third-order valence-corrected chi connectivity index (χ3v) is 4.12. The van der Waals surface area contributed by atoms with Gasteiger partial charge in [-0.1, -0.05) is 6.42 Å². The number of hydrogen-bond donors (Lipinski definition) is 2. The van der Waals surface area contributed by atoms with E-state index in [0.717, 1.165) is 12.8 Å². The summed E-state index contributed by atoms with van der Waals surface area (Å²) in [5, 5.41) is 2.80. The Labute approximate surface area is 150 Å². The summed E-state index contributed by atoms with van der Waals surface area (Å²) < 4.78 is 5.94. The zero-order valence-electron chi connectivity index (χ0n) is 15.0. The van der Waals surface area contributed by atoms with Crippen LogP contribution in [0.3, 0.4) is 0 Å². The van der Waals surface area contributed by atoms with Gasteiger partial charge in [-0.15, -0.1) is 0 Å². The Balaban J connectivity index is 1.98. The molecule has 0 fully saturated rings. The number of unbranched alkanes of at least 4 members (excludes halogenated alkanes) is 2. The minimum atomic E-state index is -0.706. The lowest BCUT2D eigenvalue weighted by Gasteiger charge is -2.09. The summed E-state index contributed by atoms with van der Waals surface area (Å²) in [4.78, 5) is 49.3. The number of esters is 1. The monoisotopic (exact) mass is 361 g/mol. The Morgan fingerprint density at radius 1 is 1.19 bits per heavy atom. The number of nitrogens with one attached hydrogen (secondary N) is 2. The molecule has 1 aromatic carbocycles. The predicted molar refractivity (Wildman–Crippen MR) is 97.3 cm³/mol. The molecule has 0 saturated carbocycles. The highest BCUT2D eigenvalue weighted by atomic mass is 16.5. The molecule has 0 aliphatic rings. The lowest BCUT2D eigenvalue weighted by molar-refractivity contribution is -0.140. The number of H-pyrrole nitrogens is 1. The van der Waals surface area contributed by atoms with Crippen molar-refractivity contribution in [2.24, 2.45) is 0 Å². The Hall–Kier alpha value is -2.90. The topological polar surface area (TPSA) is 110 Å². The second-order valence-corrected chi connectivity index (χ2v) is 5.88. The summed E-state index contributed by atoms with van der Waals surface area (Å²) in [7, 11) is 1.36. The SMILES string of the molecule is CCn1c(=O)c(=O)[nH]c2cc(C(=O)NCCCCCC(=O)OC)ccc21. The average molecular weight is 361 g/mol. The van der Waals surface area contributed by atoms with Gasteiger partial charge in [0.15, 0.2) is 0 Å². The van der Waals surface area contributed by atoms with Crippen LogP contribution in [0.5, 0.6) is 0 Å². The molecule has 2 rings (SSSR count). The van der Waals surface area contributed by atoms with E-state index >= 15 is 0 Å². The van der Waals surface area contributed by atoms with Crippen molar-refractivity contribution in [1.29, 1.82) is 0 Å². The summed E-state index contributed by atoms with van der Waals surface area (Å²) in [5.74, 6) is -0.486. The van der Waals surface area contributed by atoms with Gasteiger partial charge in [-0.2, -0.15) is 0 Å². The summed E-state index contributed by atoms with van der Waals surface area (Å²) in [6.45, 7) is 2.64. The number of amides is 1. The third-order valence-electron chi connectivity index (χ3n) is 4.12. The molecule has 1 heterocycles. The van der Waals surface area contributed by atoms with Crippen LogP contribution in [0, 0.1) is 0 Å². The number of rotatable bonds is 8. The maximum absolute atomic E-state index is 12.2. The summed E-state index contributed by atoms with van der Waals surface area (Å²) >= 11 is 0. The standard InChI is InChI=1S/C18H23N3O5/c1-3-21-14-9-8-12(11-13(14)20-17(24)18(21)25)16(23)19-10-6-4-5-7-15(22)26-2/h8-9,11H,3-7,10H2,1-2H3,(H,19,23)(H,20,24). The van der Waals surface area contributed by atoms with Gasteiger partial charge in [0, 0.05) is 25.1 Å². The first-order valence-electron chi connectivity index (χ1n) is 8.59. The first kappa shape index (κ1) is 19.4. The molecule has 2 N–H and O–H groups in total. The number of nitrogens with zero attached hydrogens (tertiary/aromatic N) is 1. The molecule has 0 saturated heterocycles. The van der Waals surface area contributed by atoms with Crippen LogP contribution in [0.25, 0.3) is 11.0 Å². The lowest BCUT2D eigenvalue weighted by atomic mass is 10.1. The van der Waals surface area contributed by atoms with Crippen LogP contribution in [0.15, 0.2) is 27.8 Å². The molecule has 0 spiro atoms. The van der Waals surface area contributed by atoms with Crippen LogP contribution in [0.1, 0.15) is 43.0 Å². The molecule has 1 amide bonds. The minimum Gasteiger partial charge on any atom is -0.469 e. The summed E-state index contributed by atoms with van der Waals surface area (Å²) in [5.41, 5.74) is 0.120. The van der Waals surface area contributed by atoms with Gasteiger partial charge in [-0.25, -0.2) is 0 Å². The molecule has 0 unspecified atom stereocenters. The number of methoxy groups -OCH3 is 1. The number of hydrogen-bond acceptors (Lipinski definition) is 5. The van der Waals surface area contributed by atoms with E-state index in [0.29, 0.717) is 42.5 Å². The second kappa shape index (κ2) is 8.98. The molecule has 0 radical (unpaired) electrons. The van der Waals surface area contributed by atoms with Gasteiger partial charge in [0.25, 0.3) is 5.91 Å². The maximum atomic E-state index is 12.2. The van der Waals surface area contributed by atoms with Crippen molar-refractivity contribution in [1.82, 2.24) is 14.9 Å². The number of carbonyl (C=O) groups is 2. The lowest BCUT2D eigenvalue weighted by Crippen LogP contribution is -2.36. The molecule has 2 aromatic rings. The van der Waals surface area contributed by atoms with Crippen molar-refractivity contribution in [3.05, 3.63) is 44.5 Å². The molecule has 0 aliphatic carbocycles. The number of aromatic amines is 1. The molecule has 8 nitrogen and oxygen atoms in total. The van der Waals surface area contributed by atoms with E-state index in [2.05, 4.69) is 15.0 Å². The highest BCUT2D eigenvalue weighted by Gasteiger charge is 2.10. The van der Waals surface area contributed by atoms with Crippen LogP contribution in [-0.4, -0.2) is 35.1 Å². The van der Waals surface area contributed by atoms with E-state index in [1.54, 1.807) is 25.1 Å². The molecular weight excluding hydrogens is 338 g/mol. The highest BCUT2D eigenvalue weighted by Crippen LogP contribution is 2.11. The Morgan fingerprint density at radius 3 is 2.65 bits per heavy atom. The average Bonchev–Trinajstić information content (AvgIpc) is 2.64. The maximum Gasteiger partial charge on any atom is 0.316 e. The van der Waals surface area contributed by atoms with E-state index in [9.17, 15) is 19.2 Å². The number of benzene rings is 1. The van der Waals surface area contributed by atoms with Crippen molar-refractivity contribution in [2.75, 3.05) is 13.7 Å². The van der Waals surface area contributed by atoms with Crippen LogP contribution in [0.4, 0.5) is 0 Å². The van der Waals surface area contributed by atoms with Crippen molar-refractivity contribution in [3.8, 4) is 0 Å². The molecule has 0 aliphatic heterocycles. The zero-order valence-corrected chi connectivity index (χ0v) is 15.0. The van der Waals surface area contributed by atoms with E-state index in [-0.39, 0.29) is 11.9 Å². The second-order valence-electron chi connectivity index (χ2n) is 5.88. The fourth-order valence-electron chi connectivity index (χ4n) is 2.71. The Bertz CT molecular complexity index is 913. The van der Waals surface area contributed by atoms with Crippen molar-refractivity contribution < 1.29 is 14.3 Å². The highest BCUT2D eigenvalue weighted by molar-refractivity contribution is 5.97. The van der Waals surface area contributed by atoms with Crippen molar-refractivity contribution in [3.63, 3.8) is 0 Å². The smallest absolute Gasteiger partial charge is 0.316 e. The van der Waals surface area contributed by atoms with E-state index in [1.807, 2.05) is 0 Å². The van der Waals surface area contributed by atoms with Crippen LogP contribution < -0.4 is 16.4 Å². The number of aromatic nitrogens is 2. The Morgan fingerprint density at radius 2 is 1.96 bits per heavy atom. The molecule has 1 aromatic heterocycles.